The van der Waals surface area contributed by atoms with Crippen molar-refractivity contribution in [2.75, 3.05) is 6.54 Å². The standard InChI is InChI=1S/C10H19N3/c1-10(2,3)13-7-9(12-8-13)5-4-6-11/h7-8H,4-6,11H2,1-3H3. The molecule has 0 bridgehead atoms. The van der Waals surface area contributed by atoms with E-state index in [9.17, 15) is 0 Å². The lowest BCUT2D eigenvalue weighted by molar-refractivity contribution is 0.396. The number of nitrogens with two attached hydrogens (primary N) is 1. The molecule has 0 saturated carbocycles. The topological polar surface area (TPSA) is 43.8 Å². The van der Waals surface area contributed by atoms with Crippen molar-refractivity contribution in [3.05, 3.63) is 18.2 Å². The van der Waals surface area contributed by atoms with Gasteiger partial charge in [-0.3, -0.25) is 0 Å². The predicted molar refractivity (Wildman–Crippen MR) is 54.6 cm³/mol. The van der Waals surface area contributed by atoms with Gasteiger partial charge in [0, 0.05) is 11.7 Å². The SMILES string of the molecule is CC(C)(C)n1cnc(CCCN)c1. The van der Waals surface area contributed by atoms with Crippen molar-refractivity contribution < 1.29 is 0 Å². The molecule has 1 rings (SSSR count). The number of rotatable bonds is 3. The Kier molecular flexibility index (Phi) is 3.09. The molecule has 0 fully saturated rings. The highest BCUT2D eigenvalue weighted by Gasteiger charge is 2.12. The zero-order valence-corrected chi connectivity index (χ0v) is 8.75. The third kappa shape index (κ3) is 2.84. The first-order valence-electron chi connectivity index (χ1n) is 4.77. The summed E-state index contributed by atoms with van der Waals surface area (Å²) in [5.41, 5.74) is 6.71. The highest BCUT2D eigenvalue weighted by atomic mass is 15.1. The average molecular weight is 181 g/mol. The van der Waals surface area contributed by atoms with Gasteiger partial charge in [-0.15, -0.1) is 0 Å². The normalized spacial score (nSPS) is 12.0. The molecule has 3 nitrogen and oxygen atoms in total. The molecular formula is C10H19N3. The lowest BCUT2D eigenvalue weighted by Crippen LogP contribution is -2.19. The van der Waals surface area contributed by atoms with Crippen molar-refractivity contribution in [2.45, 2.75) is 39.2 Å². The van der Waals surface area contributed by atoms with E-state index in [-0.39, 0.29) is 5.54 Å². The number of imidazole rings is 1. The molecule has 1 aromatic heterocycles. The van der Waals surface area contributed by atoms with Gasteiger partial charge in [-0.1, -0.05) is 0 Å². The fraction of sp³-hybridized carbons (Fsp3) is 0.700. The van der Waals surface area contributed by atoms with Crippen LogP contribution >= 0.6 is 0 Å². The van der Waals surface area contributed by atoms with Crippen molar-refractivity contribution >= 4 is 0 Å². The molecule has 0 aliphatic carbocycles. The fourth-order valence-corrected chi connectivity index (χ4v) is 1.14. The summed E-state index contributed by atoms with van der Waals surface area (Å²) in [6, 6.07) is 0. The van der Waals surface area contributed by atoms with Crippen LogP contribution < -0.4 is 5.73 Å². The van der Waals surface area contributed by atoms with E-state index in [1.807, 2.05) is 6.33 Å². The van der Waals surface area contributed by atoms with Crippen LogP contribution in [0.2, 0.25) is 0 Å². The van der Waals surface area contributed by atoms with Gasteiger partial charge in [0.1, 0.15) is 0 Å². The molecule has 0 unspecified atom stereocenters. The quantitative estimate of drug-likeness (QED) is 0.768. The molecule has 0 amide bonds. The predicted octanol–water partition coefficient (Wildman–Crippen LogP) is 1.53. The summed E-state index contributed by atoms with van der Waals surface area (Å²) in [5, 5.41) is 0. The van der Waals surface area contributed by atoms with Gasteiger partial charge in [-0.05, 0) is 40.2 Å². The maximum atomic E-state index is 5.43. The number of aryl methyl sites for hydroxylation is 1. The van der Waals surface area contributed by atoms with E-state index in [0.717, 1.165) is 25.1 Å². The molecule has 0 aliphatic rings. The number of aromatic nitrogens is 2. The first kappa shape index (κ1) is 10.3. The second kappa shape index (κ2) is 3.92. The van der Waals surface area contributed by atoms with Crippen LogP contribution in [0.15, 0.2) is 12.5 Å². The number of hydrogen-bond donors (Lipinski definition) is 1. The van der Waals surface area contributed by atoms with Gasteiger partial charge in [0.05, 0.1) is 12.0 Å². The Morgan fingerprint density at radius 1 is 1.46 bits per heavy atom. The van der Waals surface area contributed by atoms with Crippen LogP contribution in [0.3, 0.4) is 0 Å². The minimum Gasteiger partial charge on any atom is -0.332 e. The van der Waals surface area contributed by atoms with Crippen LogP contribution in [0.25, 0.3) is 0 Å². The summed E-state index contributed by atoms with van der Waals surface area (Å²) < 4.78 is 2.14. The molecule has 74 valence electrons. The summed E-state index contributed by atoms with van der Waals surface area (Å²) in [4.78, 5) is 4.33. The van der Waals surface area contributed by atoms with Crippen LogP contribution in [0.5, 0.6) is 0 Å². The van der Waals surface area contributed by atoms with Gasteiger partial charge in [0.15, 0.2) is 0 Å². The zero-order valence-electron chi connectivity index (χ0n) is 8.75. The van der Waals surface area contributed by atoms with Crippen molar-refractivity contribution in [1.82, 2.24) is 9.55 Å². The lowest BCUT2D eigenvalue weighted by Gasteiger charge is -2.19. The molecule has 1 heterocycles. The van der Waals surface area contributed by atoms with E-state index < -0.39 is 0 Å². The highest BCUT2D eigenvalue weighted by molar-refractivity contribution is 4.99. The Morgan fingerprint density at radius 2 is 2.15 bits per heavy atom. The summed E-state index contributed by atoms with van der Waals surface area (Å²) in [6.45, 7) is 7.24. The van der Waals surface area contributed by atoms with Crippen molar-refractivity contribution in [3.63, 3.8) is 0 Å². The molecule has 0 saturated heterocycles. The summed E-state index contributed by atoms with van der Waals surface area (Å²) in [6.07, 6.45) is 6.00. The Bertz CT molecular complexity index is 257. The van der Waals surface area contributed by atoms with Gasteiger partial charge >= 0.3 is 0 Å². The van der Waals surface area contributed by atoms with Crippen molar-refractivity contribution in [1.29, 1.82) is 0 Å². The Labute approximate surface area is 80.0 Å². The van der Waals surface area contributed by atoms with Gasteiger partial charge in [-0.25, -0.2) is 4.98 Å². The largest absolute Gasteiger partial charge is 0.332 e. The van der Waals surface area contributed by atoms with Gasteiger partial charge in [0.25, 0.3) is 0 Å². The highest BCUT2D eigenvalue weighted by Crippen LogP contribution is 2.14. The molecule has 0 aromatic carbocycles. The van der Waals surface area contributed by atoms with Gasteiger partial charge in [-0.2, -0.15) is 0 Å². The van der Waals surface area contributed by atoms with E-state index in [4.69, 9.17) is 5.73 Å². The maximum Gasteiger partial charge on any atom is 0.0954 e. The Hall–Kier alpha value is -0.830. The van der Waals surface area contributed by atoms with Crippen LogP contribution in [-0.2, 0) is 12.0 Å². The molecule has 0 aliphatic heterocycles. The smallest absolute Gasteiger partial charge is 0.0954 e. The molecule has 3 heteroatoms. The third-order valence-corrected chi connectivity index (χ3v) is 2.05. The average Bonchev–Trinajstić information content (AvgIpc) is 2.47. The first-order valence-corrected chi connectivity index (χ1v) is 4.77. The van der Waals surface area contributed by atoms with Crippen LogP contribution in [0, 0.1) is 0 Å². The third-order valence-electron chi connectivity index (χ3n) is 2.05. The summed E-state index contributed by atoms with van der Waals surface area (Å²) in [7, 11) is 0. The summed E-state index contributed by atoms with van der Waals surface area (Å²) >= 11 is 0. The fourth-order valence-electron chi connectivity index (χ4n) is 1.14. The number of nitrogens with zero attached hydrogens (tertiary/aromatic N) is 2. The van der Waals surface area contributed by atoms with E-state index in [1.54, 1.807) is 0 Å². The monoisotopic (exact) mass is 181 g/mol. The van der Waals surface area contributed by atoms with Crippen LogP contribution in [0.4, 0.5) is 0 Å². The second-order valence-corrected chi connectivity index (χ2v) is 4.34. The zero-order chi connectivity index (χ0) is 9.90. The molecule has 2 N–H and O–H groups in total. The minimum atomic E-state index is 0.133. The molecule has 0 spiro atoms. The Morgan fingerprint density at radius 3 is 2.62 bits per heavy atom. The van der Waals surface area contributed by atoms with Crippen LogP contribution in [-0.4, -0.2) is 16.1 Å². The van der Waals surface area contributed by atoms with E-state index in [0.29, 0.717) is 0 Å². The maximum absolute atomic E-state index is 5.43. The van der Waals surface area contributed by atoms with E-state index in [1.165, 1.54) is 0 Å². The molecule has 13 heavy (non-hydrogen) atoms. The first-order chi connectivity index (χ1) is 6.04. The van der Waals surface area contributed by atoms with E-state index >= 15 is 0 Å². The van der Waals surface area contributed by atoms with Crippen LogP contribution in [0.1, 0.15) is 32.9 Å². The summed E-state index contributed by atoms with van der Waals surface area (Å²) in [5.74, 6) is 0. The van der Waals surface area contributed by atoms with E-state index in [2.05, 4.69) is 36.5 Å². The van der Waals surface area contributed by atoms with Gasteiger partial charge < -0.3 is 10.3 Å². The molecular weight excluding hydrogens is 162 g/mol. The molecule has 0 radical (unpaired) electrons. The molecule has 1 aromatic rings. The number of hydrogen-bond acceptors (Lipinski definition) is 2. The van der Waals surface area contributed by atoms with Gasteiger partial charge in [0.2, 0.25) is 0 Å². The lowest BCUT2D eigenvalue weighted by atomic mass is 10.1. The Balaban J connectivity index is 2.64. The second-order valence-electron chi connectivity index (χ2n) is 4.34. The van der Waals surface area contributed by atoms with Crippen molar-refractivity contribution in [3.8, 4) is 0 Å². The van der Waals surface area contributed by atoms with Crippen molar-refractivity contribution in [2.24, 2.45) is 5.73 Å². The molecule has 0 atom stereocenters. The minimum absolute atomic E-state index is 0.133.